The molecule has 0 radical (unpaired) electrons. The van der Waals surface area contributed by atoms with Gasteiger partial charge in [-0.1, -0.05) is 31.9 Å². The smallest absolute Gasteiger partial charge is 0.406 e. The molecule has 2 aromatic carbocycles. The summed E-state index contributed by atoms with van der Waals surface area (Å²) in [6.07, 6.45) is -0.0838. The van der Waals surface area contributed by atoms with Gasteiger partial charge in [0.15, 0.2) is 0 Å². The maximum atomic E-state index is 12.3. The molecule has 0 aliphatic heterocycles. The van der Waals surface area contributed by atoms with E-state index in [0.717, 1.165) is 23.9 Å². The Balaban J connectivity index is 1.64. The molecule has 3 aromatic rings. The second-order valence-corrected chi connectivity index (χ2v) is 7.42. The first-order chi connectivity index (χ1) is 13.4. The van der Waals surface area contributed by atoms with E-state index in [4.69, 9.17) is 4.98 Å². The predicted octanol–water partition coefficient (Wildman–Crippen LogP) is 6.43. The topological polar surface area (TPSA) is 39.1 Å². The van der Waals surface area contributed by atoms with Crippen molar-refractivity contribution in [3.05, 3.63) is 48.5 Å². The van der Waals surface area contributed by atoms with E-state index in [1.54, 1.807) is 12.1 Å². The molecule has 28 heavy (non-hydrogen) atoms. The van der Waals surface area contributed by atoms with Crippen LogP contribution in [0.3, 0.4) is 0 Å². The molecule has 0 bridgehead atoms. The Morgan fingerprint density at radius 3 is 2.54 bits per heavy atom. The third-order valence-corrected chi connectivity index (χ3v) is 5.21. The van der Waals surface area contributed by atoms with Gasteiger partial charge in [-0.3, -0.25) is 0 Å². The average Bonchev–Trinajstić information content (AvgIpc) is 3.00. The van der Waals surface area contributed by atoms with Crippen LogP contribution in [0, 0.1) is 5.92 Å². The van der Waals surface area contributed by atoms with Gasteiger partial charge in [0.2, 0.25) is 5.95 Å². The van der Waals surface area contributed by atoms with Crippen molar-refractivity contribution in [3.8, 4) is 5.75 Å². The van der Waals surface area contributed by atoms with Gasteiger partial charge in [-0.15, -0.1) is 13.2 Å². The molecule has 1 heterocycles. The zero-order chi connectivity index (χ0) is 19.7. The summed E-state index contributed by atoms with van der Waals surface area (Å²) in [4.78, 5) is 4.73. The SMILES string of the molecule is CC1CCC[C@@H](n2c(Nc3ccc(OC(F)(F)F)cc3)nc3ccccc32)C1. The van der Waals surface area contributed by atoms with Crippen LogP contribution >= 0.6 is 0 Å². The van der Waals surface area contributed by atoms with Gasteiger partial charge in [-0.2, -0.15) is 0 Å². The number of ether oxygens (including phenoxy) is 1. The van der Waals surface area contributed by atoms with Crippen molar-refractivity contribution < 1.29 is 17.9 Å². The predicted molar refractivity (Wildman–Crippen MR) is 103 cm³/mol. The molecule has 1 N–H and O–H groups in total. The number of anilines is 2. The van der Waals surface area contributed by atoms with Crippen LogP contribution in [-0.4, -0.2) is 15.9 Å². The number of imidazole rings is 1. The number of hydrogen-bond donors (Lipinski definition) is 1. The number of hydrogen-bond acceptors (Lipinski definition) is 3. The molecule has 1 fully saturated rings. The van der Waals surface area contributed by atoms with E-state index < -0.39 is 6.36 Å². The highest BCUT2D eigenvalue weighted by Gasteiger charge is 2.31. The second kappa shape index (κ2) is 7.37. The van der Waals surface area contributed by atoms with Crippen LogP contribution in [0.15, 0.2) is 48.5 Å². The van der Waals surface area contributed by atoms with Crippen LogP contribution in [0.2, 0.25) is 0 Å². The highest BCUT2D eigenvalue weighted by Crippen LogP contribution is 2.37. The molecule has 4 nitrogen and oxygen atoms in total. The first-order valence-corrected chi connectivity index (χ1v) is 9.49. The lowest BCUT2D eigenvalue weighted by Crippen LogP contribution is -2.19. The van der Waals surface area contributed by atoms with Gasteiger partial charge < -0.3 is 14.6 Å². The monoisotopic (exact) mass is 389 g/mol. The highest BCUT2D eigenvalue weighted by molar-refractivity contribution is 5.80. The van der Waals surface area contributed by atoms with E-state index in [9.17, 15) is 13.2 Å². The first kappa shape index (κ1) is 18.7. The lowest BCUT2D eigenvalue weighted by Gasteiger charge is -2.29. The number of fused-ring (bicyclic) bond motifs is 1. The standard InChI is InChI=1S/C21H22F3N3O/c1-14-5-4-6-16(13-14)27-19-8-3-2-7-18(19)26-20(27)25-15-9-11-17(12-10-15)28-21(22,23)24/h2-3,7-12,14,16H,4-6,13H2,1H3,(H,25,26)/t14?,16-/m1/s1. The molecular formula is C21H22F3N3O. The van der Waals surface area contributed by atoms with Crippen molar-refractivity contribution >= 4 is 22.7 Å². The Morgan fingerprint density at radius 1 is 1.07 bits per heavy atom. The number of alkyl halides is 3. The quantitative estimate of drug-likeness (QED) is 0.559. The minimum absolute atomic E-state index is 0.243. The van der Waals surface area contributed by atoms with Gasteiger partial charge in [0.1, 0.15) is 5.75 Å². The Labute approximate surface area is 161 Å². The third-order valence-electron chi connectivity index (χ3n) is 5.21. The highest BCUT2D eigenvalue weighted by atomic mass is 19.4. The number of halogens is 3. The number of rotatable bonds is 4. The van der Waals surface area contributed by atoms with Crippen LogP contribution in [-0.2, 0) is 0 Å². The number of nitrogens with zero attached hydrogens (tertiary/aromatic N) is 2. The van der Waals surface area contributed by atoms with E-state index in [2.05, 4.69) is 27.6 Å². The molecule has 0 saturated heterocycles. The fraction of sp³-hybridized carbons (Fsp3) is 0.381. The molecule has 7 heteroatoms. The molecule has 1 aliphatic rings. The number of para-hydroxylation sites is 2. The molecular weight excluding hydrogens is 367 g/mol. The van der Waals surface area contributed by atoms with Gasteiger partial charge in [0, 0.05) is 11.7 Å². The van der Waals surface area contributed by atoms with Crippen molar-refractivity contribution in [3.63, 3.8) is 0 Å². The van der Waals surface area contributed by atoms with Gasteiger partial charge in [0.05, 0.1) is 11.0 Å². The van der Waals surface area contributed by atoms with Crippen molar-refractivity contribution in [2.45, 2.75) is 45.0 Å². The maximum Gasteiger partial charge on any atom is 0.573 e. The average molecular weight is 389 g/mol. The summed E-state index contributed by atoms with van der Waals surface area (Å²) in [7, 11) is 0. The summed E-state index contributed by atoms with van der Waals surface area (Å²) in [5.41, 5.74) is 2.64. The zero-order valence-corrected chi connectivity index (χ0v) is 15.5. The van der Waals surface area contributed by atoms with Gasteiger partial charge in [-0.05, 0) is 55.2 Å². The third kappa shape index (κ3) is 4.08. The molecule has 2 atom stereocenters. The summed E-state index contributed by atoms with van der Waals surface area (Å²) in [5.74, 6) is 1.13. The van der Waals surface area contributed by atoms with Crippen LogP contribution in [0.1, 0.15) is 38.6 Å². The minimum atomic E-state index is -4.69. The molecule has 0 spiro atoms. The van der Waals surface area contributed by atoms with E-state index >= 15 is 0 Å². The van der Waals surface area contributed by atoms with E-state index in [1.165, 1.54) is 25.0 Å². The summed E-state index contributed by atoms with van der Waals surface area (Å²) >= 11 is 0. The molecule has 1 aliphatic carbocycles. The second-order valence-electron chi connectivity index (χ2n) is 7.42. The van der Waals surface area contributed by atoms with Crippen LogP contribution < -0.4 is 10.1 Å². The van der Waals surface area contributed by atoms with Gasteiger partial charge in [-0.25, -0.2) is 4.98 Å². The van der Waals surface area contributed by atoms with Crippen molar-refractivity contribution in [1.29, 1.82) is 0 Å². The largest absolute Gasteiger partial charge is 0.573 e. The Morgan fingerprint density at radius 2 is 1.82 bits per heavy atom. The zero-order valence-electron chi connectivity index (χ0n) is 15.5. The van der Waals surface area contributed by atoms with Crippen molar-refractivity contribution in [2.24, 2.45) is 5.92 Å². The summed E-state index contributed by atoms with van der Waals surface area (Å²) < 4.78 is 43.2. The van der Waals surface area contributed by atoms with Gasteiger partial charge in [0.25, 0.3) is 0 Å². The van der Waals surface area contributed by atoms with Gasteiger partial charge >= 0.3 is 6.36 Å². The number of benzene rings is 2. The Kier molecular flexibility index (Phi) is 4.91. The van der Waals surface area contributed by atoms with E-state index in [1.807, 2.05) is 18.2 Å². The van der Waals surface area contributed by atoms with Crippen molar-refractivity contribution in [2.75, 3.05) is 5.32 Å². The lowest BCUT2D eigenvalue weighted by atomic mass is 9.87. The van der Waals surface area contributed by atoms with Crippen molar-refractivity contribution in [1.82, 2.24) is 9.55 Å². The molecule has 1 aromatic heterocycles. The summed E-state index contributed by atoms with van der Waals surface area (Å²) in [6.45, 7) is 2.28. The van der Waals surface area contributed by atoms with Crippen LogP contribution in [0.25, 0.3) is 11.0 Å². The number of nitrogens with one attached hydrogen (secondary N) is 1. The molecule has 1 saturated carbocycles. The first-order valence-electron chi connectivity index (χ1n) is 9.49. The Bertz CT molecular complexity index is 950. The minimum Gasteiger partial charge on any atom is -0.406 e. The lowest BCUT2D eigenvalue weighted by molar-refractivity contribution is -0.274. The van der Waals surface area contributed by atoms with Crippen LogP contribution in [0.5, 0.6) is 5.75 Å². The molecule has 148 valence electrons. The Hall–Kier alpha value is -2.70. The fourth-order valence-electron chi connectivity index (χ4n) is 4.01. The van der Waals surface area contributed by atoms with E-state index in [0.29, 0.717) is 23.6 Å². The molecule has 1 unspecified atom stereocenters. The normalized spacial score (nSPS) is 20.3. The molecule has 4 rings (SSSR count). The summed E-state index contributed by atoms with van der Waals surface area (Å²) in [5, 5.41) is 3.28. The van der Waals surface area contributed by atoms with Crippen LogP contribution in [0.4, 0.5) is 24.8 Å². The van der Waals surface area contributed by atoms with E-state index in [-0.39, 0.29) is 5.75 Å². The fourth-order valence-corrected chi connectivity index (χ4v) is 4.01. The molecule has 0 amide bonds. The summed E-state index contributed by atoms with van der Waals surface area (Å²) in [6, 6.07) is 14.1. The maximum absolute atomic E-state index is 12.3. The number of aromatic nitrogens is 2.